The van der Waals surface area contributed by atoms with Gasteiger partial charge < -0.3 is 9.84 Å². The van der Waals surface area contributed by atoms with Crippen LogP contribution in [0.1, 0.15) is 64.1 Å². The average molecular weight is 251 g/mol. The van der Waals surface area contributed by atoms with Gasteiger partial charge in [-0.2, -0.15) is 4.98 Å². The van der Waals surface area contributed by atoms with Gasteiger partial charge in [-0.1, -0.05) is 32.3 Å². The van der Waals surface area contributed by atoms with Crippen molar-refractivity contribution in [3.8, 4) is 0 Å². The molecule has 1 aromatic rings. The molecule has 2 rings (SSSR count). The number of nitrogens with one attached hydrogen (secondary N) is 1. The molecule has 0 spiro atoms. The van der Waals surface area contributed by atoms with Crippen molar-refractivity contribution in [1.29, 1.82) is 0 Å². The fourth-order valence-corrected chi connectivity index (χ4v) is 2.37. The van der Waals surface area contributed by atoms with Crippen molar-refractivity contribution in [2.24, 2.45) is 5.92 Å². The van der Waals surface area contributed by atoms with Crippen LogP contribution < -0.4 is 5.32 Å². The summed E-state index contributed by atoms with van der Waals surface area (Å²) in [5, 5.41) is 7.66. The molecule has 0 radical (unpaired) electrons. The highest BCUT2D eigenvalue weighted by atomic mass is 16.5. The van der Waals surface area contributed by atoms with E-state index in [9.17, 15) is 0 Å². The molecule has 3 atom stereocenters. The Hall–Kier alpha value is -0.900. The Morgan fingerprint density at radius 1 is 1.39 bits per heavy atom. The van der Waals surface area contributed by atoms with Crippen LogP contribution in [0.25, 0.3) is 0 Å². The van der Waals surface area contributed by atoms with Gasteiger partial charge in [-0.25, -0.2) is 0 Å². The lowest BCUT2D eigenvalue weighted by Gasteiger charge is -2.15. The summed E-state index contributed by atoms with van der Waals surface area (Å²) in [5.74, 6) is 3.00. The maximum Gasteiger partial charge on any atom is 0.228 e. The highest BCUT2D eigenvalue weighted by molar-refractivity contribution is 5.07. The highest BCUT2D eigenvalue weighted by Crippen LogP contribution is 2.45. The monoisotopic (exact) mass is 251 g/mol. The standard InChI is InChI=1S/C14H25N3O/c1-4-6-11(15-7-5-2)9-13-16-14(17-18-13)12-8-10(12)3/h10-12,15H,4-9H2,1-3H3. The molecule has 1 aliphatic carbocycles. The first-order valence-electron chi connectivity index (χ1n) is 7.30. The van der Waals surface area contributed by atoms with Crippen molar-refractivity contribution in [3.63, 3.8) is 0 Å². The van der Waals surface area contributed by atoms with Crippen LogP contribution in [0.5, 0.6) is 0 Å². The summed E-state index contributed by atoms with van der Waals surface area (Å²) >= 11 is 0. The van der Waals surface area contributed by atoms with Gasteiger partial charge in [-0.3, -0.25) is 0 Å². The van der Waals surface area contributed by atoms with Gasteiger partial charge in [0.15, 0.2) is 5.82 Å². The van der Waals surface area contributed by atoms with E-state index in [0.29, 0.717) is 12.0 Å². The molecule has 4 nitrogen and oxygen atoms in total. The quantitative estimate of drug-likeness (QED) is 0.772. The molecule has 1 fully saturated rings. The normalized spacial score (nSPS) is 24.2. The molecule has 1 heterocycles. The van der Waals surface area contributed by atoms with E-state index in [1.165, 1.54) is 12.8 Å². The SMILES string of the molecule is CCCNC(CCC)Cc1nc(C2CC2C)no1. The number of hydrogen-bond acceptors (Lipinski definition) is 4. The van der Waals surface area contributed by atoms with Crippen molar-refractivity contribution in [1.82, 2.24) is 15.5 Å². The van der Waals surface area contributed by atoms with E-state index in [2.05, 4.69) is 36.2 Å². The fraction of sp³-hybridized carbons (Fsp3) is 0.857. The van der Waals surface area contributed by atoms with Gasteiger partial charge in [0.2, 0.25) is 5.89 Å². The number of nitrogens with zero attached hydrogens (tertiary/aromatic N) is 2. The average Bonchev–Trinajstić information content (AvgIpc) is 2.90. The molecule has 3 unspecified atom stereocenters. The molecule has 1 saturated carbocycles. The predicted molar refractivity (Wildman–Crippen MR) is 71.5 cm³/mol. The van der Waals surface area contributed by atoms with Crippen LogP contribution in [0, 0.1) is 5.92 Å². The van der Waals surface area contributed by atoms with Crippen LogP contribution in [0.15, 0.2) is 4.52 Å². The Morgan fingerprint density at radius 2 is 2.17 bits per heavy atom. The minimum absolute atomic E-state index is 0.472. The molecule has 102 valence electrons. The molecule has 18 heavy (non-hydrogen) atoms. The maximum absolute atomic E-state index is 5.37. The minimum Gasteiger partial charge on any atom is -0.339 e. The minimum atomic E-state index is 0.472. The lowest BCUT2D eigenvalue weighted by molar-refractivity contribution is 0.346. The lowest BCUT2D eigenvalue weighted by Crippen LogP contribution is -2.31. The predicted octanol–water partition coefficient (Wildman–Crippen LogP) is 2.90. The van der Waals surface area contributed by atoms with Gasteiger partial charge in [-0.05, 0) is 31.7 Å². The zero-order chi connectivity index (χ0) is 13.0. The first-order chi connectivity index (χ1) is 8.74. The molecule has 1 N–H and O–H groups in total. The summed E-state index contributed by atoms with van der Waals surface area (Å²) in [6.45, 7) is 7.70. The van der Waals surface area contributed by atoms with Gasteiger partial charge >= 0.3 is 0 Å². The largest absolute Gasteiger partial charge is 0.339 e. The molecular formula is C14H25N3O. The van der Waals surface area contributed by atoms with Crippen LogP contribution >= 0.6 is 0 Å². The van der Waals surface area contributed by atoms with Crippen molar-refractivity contribution in [2.45, 2.75) is 64.8 Å². The number of aromatic nitrogens is 2. The Kier molecular flexibility index (Phi) is 4.75. The van der Waals surface area contributed by atoms with Crippen molar-refractivity contribution in [2.75, 3.05) is 6.54 Å². The Labute approximate surface area is 110 Å². The summed E-state index contributed by atoms with van der Waals surface area (Å²) in [4.78, 5) is 4.54. The Morgan fingerprint density at radius 3 is 2.78 bits per heavy atom. The first-order valence-corrected chi connectivity index (χ1v) is 7.30. The summed E-state index contributed by atoms with van der Waals surface area (Å²) in [7, 11) is 0. The van der Waals surface area contributed by atoms with Crippen LogP contribution in [0.4, 0.5) is 0 Å². The molecule has 0 aliphatic heterocycles. The van der Waals surface area contributed by atoms with E-state index < -0.39 is 0 Å². The van der Waals surface area contributed by atoms with Crippen LogP contribution in [-0.2, 0) is 6.42 Å². The number of rotatable bonds is 8. The molecule has 4 heteroatoms. The van der Waals surface area contributed by atoms with E-state index in [0.717, 1.165) is 43.4 Å². The van der Waals surface area contributed by atoms with Gasteiger partial charge in [0.1, 0.15) is 0 Å². The Bertz CT molecular complexity index is 364. The molecule has 0 amide bonds. The van der Waals surface area contributed by atoms with Crippen molar-refractivity contribution in [3.05, 3.63) is 11.7 Å². The van der Waals surface area contributed by atoms with E-state index in [-0.39, 0.29) is 0 Å². The molecule has 0 aromatic carbocycles. The van der Waals surface area contributed by atoms with Crippen LogP contribution in [0.2, 0.25) is 0 Å². The van der Waals surface area contributed by atoms with Crippen molar-refractivity contribution >= 4 is 0 Å². The van der Waals surface area contributed by atoms with E-state index in [1.54, 1.807) is 0 Å². The molecule has 0 saturated heterocycles. The summed E-state index contributed by atoms with van der Waals surface area (Å²) in [6.07, 6.45) is 5.59. The second kappa shape index (κ2) is 6.32. The highest BCUT2D eigenvalue weighted by Gasteiger charge is 2.38. The summed E-state index contributed by atoms with van der Waals surface area (Å²) in [6, 6.07) is 0.472. The molecule has 1 aromatic heterocycles. The fourth-order valence-electron chi connectivity index (χ4n) is 2.37. The van der Waals surface area contributed by atoms with Gasteiger partial charge in [0.25, 0.3) is 0 Å². The second-order valence-corrected chi connectivity index (χ2v) is 5.51. The third-order valence-corrected chi connectivity index (χ3v) is 3.67. The van der Waals surface area contributed by atoms with Gasteiger partial charge in [-0.15, -0.1) is 0 Å². The van der Waals surface area contributed by atoms with Gasteiger partial charge in [0, 0.05) is 18.4 Å². The molecule has 1 aliphatic rings. The zero-order valence-corrected chi connectivity index (χ0v) is 11.8. The number of hydrogen-bond donors (Lipinski definition) is 1. The lowest BCUT2D eigenvalue weighted by atomic mass is 10.1. The van der Waals surface area contributed by atoms with E-state index >= 15 is 0 Å². The smallest absolute Gasteiger partial charge is 0.228 e. The topological polar surface area (TPSA) is 51.0 Å². The third-order valence-electron chi connectivity index (χ3n) is 3.67. The van der Waals surface area contributed by atoms with E-state index in [1.807, 2.05) is 0 Å². The first kappa shape index (κ1) is 13.5. The van der Waals surface area contributed by atoms with Crippen LogP contribution in [-0.4, -0.2) is 22.7 Å². The summed E-state index contributed by atoms with van der Waals surface area (Å²) in [5.41, 5.74) is 0. The third kappa shape index (κ3) is 3.55. The zero-order valence-electron chi connectivity index (χ0n) is 11.8. The van der Waals surface area contributed by atoms with Crippen molar-refractivity contribution < 1.29 is 4.52 Å². The maximum atomic E-state index is 5.37. The molecular weight excluding hydrogens is 226 g/mol. The van der Waals surface area contributed by atoms with Crippen LogP contribution in [0.3, 0.4) is 0 Å². The van der Waals surface area contributed by atoms with E-state index in [4.69, 9.17) is 4.52 Å². The Balaban J connectivity index is 1.87. The van der Waals surface area contributed by atoms with Gasteiger partial charge in [0.05, 0.1) is 0 Å². The summed E-state index contributed by atoms with van der Waals surface area (Å²) < 4.78 is 5.37. The molecule has 0 bridgehead atoms. The second-order valence-electron chi connectivity index (χ2n) is 5.51.